The predicted octanol–water partition coefficient (Wildman–Crippen LogP) is 3.27. The number of fused-ring (bicyclic) bond motifs is 1. The first kappa shape index (κ1) is 10.8. The van der Waals surface area contributed by atoms with Crippen LogP contribution in [0.3, 0.4) is 0 Å². The Hall–Kier alpha value is -1.75. The molecule has 1 aromatic heterocycles. The molecule has 0 bridgehead atoms. The van der Waals surface area contributed by atoms with Gasteiger partial charge in [-0.1, -0.05) is 18.2 Å². The zero-order chi connectivity index (χ0) is 11.8. The van der Waals surface area contributed by atoms with Crippen LogP contribution in [0.25, 0.3) is 10.9 Å². The minimum absolute atomic E-state index is 0.301. The van der Waals surface area contributed by atoms with Crippen LogP contribution in [-0.4, -0.2) is 4.57 Å². The molecule has 0 N–H and O–H groups in total. The summed E-state index contributed by atoms with van der Waals surface area (Å²) in [7, 11) is 2.05. The van der Waals surface area contributed by atoms with Gasteiger partial charge in [-0.05, 0) is 31.9 Å². The summed E-state index contributed by atoms with van der Waals surface area (Å²) in [5, 5.41) is 10.3. The van der Waals surface area contributed by atoms with E-state index in [0.29, 0.717) is 0 Å². The maximum atomic E-state index is 9.08. The van der Waals surface area contributed by atoms with E-state index in [1.165, 1.54) is 16.5 Å². The molecule has 0 amide bonds. The van der Waals surface area contributed by atoms with Gasteiger partial charge >= 0.3 is 0 Å². The van der Waals surface area contributed by atoms with Gasteiger partial charge in [-0.2, -0.15) is 5.26 Å². The molecule has 2 nitrogen and oxygen atoms in total. The first-order valence-corrected chi connectivity index (χ1v) is 5.48. The molecule has 2 rings (SSSR count). The Kier molecular flexibility index (Phi) is 2.47. The van der Waals surface area contributed by atoms with Crippen molar-refractivity contribution in [2.24, 2.45) is 12.5 Å². The van der Waals surface area contributed by atoms with Crippen molar-refractivity contribution in [1.82, 2.24) is 4.57 Å². The van der Waals surface area contributed by atoms with Crippen LogP contribution in [0.2, 0.25) is 0 Å². The molecule has 0 saturated heterocycles. The van der Waals surface area contributed by atoms with Crippen LogP contribution in [-0.2, 0) is 13.5 Å². The van der Waals surface area contributed by atoms with Crippen LogP contribution in [0, 0.1) is 16.7 Å². The van der Waals surface area contributed by atoms with Crippen molar-refractivity contribution in [2.45, 2.75) is 20.3 Å². The zero-order valence-corrected chi connectivity index (χ0v) is 9.99. The Labute approximate surface area is 96.1 Å². The lowest BCUT2D eigenvalue weighted by Crippen LogP contribution is -2.11. The van der Waals surface area contributed by atoms with E-state index in [1.807, 2.05) is 33.0 Å². The fraction of sp³-hybridized carbons (Fsp3) is 0.357. The van der Waals surface area contributed by atoms with Crippen molar-refractivity contribution < 1.29 is 0 Å². The molecule has 0 fully saturated rings. The Balaban J connectivity index is 2.51. The van der Waals surface area contributed by atoms with Crippen LogP contribution < -0.4 is 0 Å². The minimum Gasteiger partial charge on any atom is -0.350 e. The molecule has 0 unspecified atom stereocenters. The molecule has 82 valence electrons. The van der Waals surface area contributed by atoms with Gasteiger partial charge in [0.2, 0.25) is 0 Å². The smallest absolute Gasteiger partial charge is 0.0687 e. The lowest BCUT2D eigenvalue weighted by atomic mass is 9.87. The second kappa shape index (κ2) is 3.68. The van der Waals surface area contributed by atoms with Gasteiger partial charge in [0.05, 0.1) is 11.5 Å². The summed E-state index contributed by atoms with van der Waals surface area (Å²) in [5.41, 5.74) is 2.18. The fourth-order valence-corrected chi connectivity index (χ4v) is 2.08. The molecule has 1 aromatic carbocycles. The first-order valence-electron chi connectivity index (χ1n) is 5.48. The standard InChI is InChI=1S/C14H16N2/c1-14(2,10-15)8-11-9-16(3)13-7-5-4-6-12(11)13/h4-7,9H,8H2,1-3H3. The maximum absolute atomic E-state index is 9.08. The summed E-state index contributed by atoms with van der Waals surface area (Å²) in [5.74, 6) is 0. The number of benzene rings is 1. The molecule has 16 heavy (non-hydrogen) atoms. The number of aryl methyl sites for hydroxylation is 1. The van der Waals surface area contributed by atoms with Crippen LogP contribution in [0.5, 0.6) is 0 Å². The number of aromatic nitrogens is 1. The fourth-order valence-electron chi connectivity index (χ4n) is 2.08. The minimum atomic E-state index is -0.301. The normalized spacial score (nSPS) is 11.6. The van der Waals surface area contributed by atoms with Crippen molar-refractivity contribution in [3.8, 4) is 6.07 Å². The average molecular weight is 212 g/mol. The van der Waals surface area contributed by atoms with Crippen LogP contribution in [0.1, 0.15) is 19.4 Å². The predicted molar refractivity (Wildman–Crippen MR) is 66.0 cm³/mol. The topological polar surface area (TPSA) is 28.7 Å². The monoisotopic (exact) mass is 212 g/mol. The third kappa shape index (κ3) is 1.81. The molecule has 0 aliphatic carbocycles. The van der Waals surface area contributed by atoms with E-state index >= 15 is 0 Å². The van der Waals surface area contributed by atoms with E-state index < -0.39 is 0 Å². The van der Waals surface area contributed by atoms with Gasteiger partial charge in [0, 0.05) is 24.1 Å². The maximum Gasteiger partial charge on any atom is 0.0687 e. The number of hydrogen-bond acceptors (Lipinski definition) is 1. The molecule has 0 atom stereocenters. The molecular weight excluding hydrogens is 196 g/mol. The molecular formula is C14H16N2. The summed E-state index contributed by atoms with van der Waals surface area (Å²) in [6, 6.07) is 10.7. The van der Waals surface area contributed by atoms with E-state index in [4.69, 9.17) is 5.26 Å². The van der Waals surface area contributed by atoms with Crippen molar-refractivity contribution in [3.63, 3.8) is 0 Å². The van der Waals surface area contributed by atoms with Crippen molar-refractivity contribution in [2.75, 3.05) is 0 Å². The summed E-state index contributed by atoms with van der Waals surface area (Å²) in [6.07, 6.45) is 2.93. The Morgan fingerprint density at radius 3 is 2.69 bits per heavy atom. The first-order chi connectivity index (χ1) is 7.53. The summed E-state index contributed by atoms with van der Waals surface area (Å²) >= 11 is 0. The second-order valence-electron chi connectivity index (χ2n) is 4.95. The van der Waals surface area contributed by atoms with Crippen LogP contribution in [0.4, 0.5) is 0 Å². The summed E-state index contributed by atoms with van der Waals surface area (Å²) in [6.45, 7) is 3.96. The van der Waals surface area contributed by atoms with Gasteiger partial charge in [-0.15, -0.1) is 0 Å². The largest absolute Gasteiger partial charge is 0.350 e. The molecule has 0 aliphatic heterocycles. The average Bonchev–Trinajstić information content (AvgIpc) is 2.56. The van der Waals surface area contributed by atoms with E-state index in [2.05, 4.69) is 29.0 Å². The number of hydrogen-bond donors (Lipinski definition) is 0. The van der Waals surface area contributed by atoms with E-state index in [-0.39, 0.29) is 5.41 Å². The van der Waals surface area contributed by atoms with Crippen molar-refractivity contribution >= 4 is 10.9 Å². The highest BCUT2D eigenvalue weighted by Crippen LogP contribution is 2.27. The van der Waals surface area contributed by atoms with Gasteiger partial charge in [0.15, 0.2) is 0 Å². The van der Waals surface area contributed by atoms with Gasteiger partial charge in [0.1, 0.15) is 0 Å². The third-order valence-electron chi connectivity index (χ3n) is 2.91. The Morgan fingerprint density at radius 2 is 2.00 bits per heavy atom. The molecule has 0 saturated carbocycles. The number of nitriles is 1. The summed E-state index contributed by atoms with van der Waals surface area (Å²) in [4.78, 5) is 0. The van der Waals surface area contributed by atoms with Crippen LogP contribution >= 0.6 is 0 Å². The summed E-state index contributed by atoms with van der Waals surface area (Å²) < 4.78 is 2.12. The number of para-hydroxylation sites is 1. The molecule has 0 radical (unpaired) electrons. The van der Waals surface area contributed by atoms with E-state index in [0.717, 1.165) is 6.42 Å². The Bertz CT molecular complexity index is 556. The van der Waals surface area contributed by atoms with Gasteiger partial charge < -0.3 is 4.57 Å². The Morgan fingerprint density at radius 1 is 1.31 bits per heavy atom. The molecule has 2 aromatic rings. The molecule has 2 heteroatoms. The second-order valence-corrected chi connectivity index (χ2v) is 4.95. The zero-order valence-electron chi connectivity index (χ0n) is 9.99. The van der Waals surface area contributed by atoms with Crippen molar-refractivity contribution in [1.29, 1.82) is 5.26 Å². The number of rotatable bonds is 2. The highest BCUT2D eigenvalue weighted by Gasteiger charge is 2.19. The SMILES string of the molecule is Cn1cc(CC(C)(C)C#N)c2ccccc21. The van der Waals surface area contributed by atoms with E-state index in [1.54, 1.807) is 0 Å². The molecule has 1 heterocycles. The molecule has 0 aliphatic rings. The highest BCUT2D eigenvalue weighted by molar-refractivity contribution is 5.83. The third-order valence-corrected chi connectivity index (χ3v) is 2.91. The lowest BCUT2D eigenvalue weighted by Gasteiger charge is -2.13. The van der Waals surface area contributed by atoms with Crippen molar-refractivity contribution in [3.05, 3.63) is 36.0 Å². The number of nitrogens with zero attached hydrogens (tertiary/aromatic N) is 2. The lowest BCUT2D eigenvalue weighted by molar-refractivity contribution is 0.495. The quantitative estimate of drug-likeness (QED) is 0.751. The molecule has 0 spiro atoms. The van der Waals surface area contributed by atoms with Crippen LogP contribution in [0.15, 0.2) is 30.5 Å². The highest BCUT2D eigenvalue weighted by atomic mass is 14.9. The van der Waals surface area contributed by atoms with E-state index in [9.17, 15) is 0 Å². The van der Waals surface area contributed by atoms with Gasteiger partial charge in [-0.3, -0.25) is 0 Å². The van der Waals surface area contributed by atoms with Gasteiger partial charge in [0.25, 0.3) is 0 Å². The van der Waals surface area contributed by atoms with Gasteiger partial charge in [-0.25, -0.2) is 0 Å².